The van der Waals surface area contributed by atoms with E-state index in [4.69, 9.17) is 0 Å². The average Bonchev–Trinajstić information content (AvgIpc) is 2.70. The van der Waals surface area contributed by atoms with E-state index in [0.29, 0.717) is 45.0 Å². The van der Waals surface area contributed by atoms with Crippen LogP contribution in [0.3, 0.4) is 0 Å². The lowest BCUT2D eigenvalue weighted by Gasteiger charge is -2.38. The highest BCUT2D eigenvalue weighted by Gasteiger charge is 2.32. The molecule has 1 aromatic carbocycles. The summed E-state index contributed by atoms with van der Waals surface area (Å²) in [5, 5.41) is 3.29. The average molecular weight is 412 g/mol. The summed E-state index contributed by atoms with van der Waals surface area (Å²) in [7, 11) is 0. The van der Waals surface area contributed by atoms with Gasteiger partial charge in [0.05, 0.1) is 12.2 Å². The quantitative estimate of drug-likeness (QED) is 0.807. The maximum absolute atomic E-state index is 12.9. The van der Waals surface area contributed by atoms with Crippen molar-refractivity contribution in [3.63, 3.8) is 0 Å². The van der Waals surface area contributed by atoms with Crippen molar-refractivity contribution >= 4 is 17.5 Å². The van der Waals surface area contributed by atoms with Crippen LogP contribution < -0.4 is 10.2 Å². The Bertz CT molecular complexity index is 733. The Kier molecular flexibility index (Phi) is 6.66. The second kappa shape index (κ2) is 9.02. The lowest BCUT2D eigenvalue weighted by molar-refractivity contribution is -0.143. The van der Waals surface area contributed by atoms with Crippen LogP contribution >= 0.6 is 0 Å². The van der Waals surface area contributed by atoms with E-state index in [-0.39, 0.29) is 24.4 Å². The van der Waals surface area contributed by atoms with Crippen LogP contribution in [-0.2, 0) is 15.8 Å². The van der Waals surface area contributed by atoms with Crippen LogP contribution in [-0.4, -0.2) is 67.0 Å². The number of nitrogens with zero attached hydrogens (tertiary/aromatic N) is 3. The first-order valence-corrected chi connectivity index (χ1v) is 9.99. The molecule has 3 rings (SSSR count). The van der Waals surface area contributed by atoms with Gasteiger partial charge >= 0.3 is 6.18 Å². The van der Waals surface area contributed by atoms with Crippen molar-refractivity contribution in [2.24, 2.45) is 0 Å². The molecular formula is C20H27F3N4O2. The molecule has 0 aromatic heterocycles. The number of benzene rings is 1. The third-order valence-corrected chi connectivity index (χ3v) is 5.48. The molecule has 160 valence electrons. The highest BCUT2D eigenvalue weighted by Crippen LogP contribution is 2.31. The summed E-state index contributed by atoms with van der Waals surface area (Å²) in [4.78, 5) is 29.9. The Morgan fingerprint density at radius 2 is 1.93 bits per heavy atom. The number of hydrogen-bond donors (Lipinski definition) is 1. The molecule has 1 N–H and O–H groups in total. The second-order valence-corrected chi connectivity index (χ2v) is 7.56. The summed E-state index contributed by atoms with van der Waals surface area (Å²) in [6.07, 6.45) is -2.03. The number of piperazine rings is 1. The smallest absolute Gasteiger partial charge is 0.368 e. The number of rotatable bonds is 5. The molecule has 2 amide bonds. The Morgan fingerprint density at radius 1 is 1.21 bits per heavy atom. The predicted molar refractivity (Wildman–Crippen MR) is 103 cm³/mol. The number of alkyl halides is 3. The Hall–Kier alpha value is -2.29. The monoisotopic (exact) mass is 412 g/mol. The van der Waals surface area contributed by atoms with Gasteiger partial charge in [0.1, 0.15) is 6.54 Å². The zero-order chi connectivity index (χ0) is 21.0. The first kappa shape index (κ1) is 21.4. The summed E-state index contributed by atoms with van der Waals surface area (Å²) in [6.45, 7) is 4.23. The van der Waals surface area contributed by atoms with Gasteiger partial charge in [0.15, 0.2) is 0 Å². The van der Waals surface area contributed by atoms with Crippen molar-refractivity contribution in [2.45, 2.75) is 38.4 Å². The molecule has 2 aliphatic rings. The molecule has 2 saturated heterocycles. The molecule has 0 spiro atoms. The van der Waals surface area contributed by atoms with E-state index in [9.17, 15) is 22.8 Å². The zero-order valence-electron chi connectivity index (χ0n) is 16.5. The van der Waals surface area contributed by atoms with Crippen molar-refractivity contribution in [1.29, 1.82) is 0 Å². The molecule has 2 aliphatic heterocycles. The molecule has 9 heteroatoms. The predicted octanol–water partition coefficient (Wildman–Crippen LogP) is 2.30. The number of halogens is 3. The Morgan fingerprint density at radius 3 is 2.55 bits per heavy atom. The number of nitrogens with one attached hydrogen (secondary N) is 1. The van der Waals surface area contributed by atoms with Crippen LogP contribution in [0.4, 0.5) is 18.9 Å². The van der Waals surface area contributed by atoms with E-state index >= 15 is 0 Å². The molecule has 29 heavy (non-hydrogen) atoms. The van der Waals surface area contributed by atoms with Gasteiger partial charge in [0, 0.05) is 44.3 Å². The van der Waals surface area contributed by atoms with Crippen LogP contribution in [0.25, 0.3) is 0 Å². The number of amides is 2. The standard InChI is InChI=1S/C20H27F3N4O2/c1-2-4-16-12-18(28)27(14-24-16)13-19(29)26-9-7-25(8-10-26)17-6-3-5-15(11-17)20(21,22)23/h3,5-6,11,16,24H,2,4,7-10,12-14H2,1H3. The zero-order valence-corrected chi connectivity index (χ0v) is 16.5. The minimum absolute atomic E-state index is 0.0156. The first-order valence-electron chi connectivity index (χ1n) is 9.99. The fourth-order valence-electron chi connectivity index (χ4n) is 3.79. The minimum atomic E-state index is -4.38. The van der Waals surface area contributed by atoms with Gasteiger partial charge in [-0.1, -0.05) is 19.4 Å². The maximum Gasteiger partial charge on any atom is 0.416 e. The largest absolute Gasteiger partial charge is 0.416 e. The summed E-state index contributed by atoms with van der Waals surface area (Å²) in [6, 6.07) is 5.42. The fourth-order valence-corrected chi connectivity index (χ4v) is 3.79. The van der Waals surface area contributed by atoms with E-state index in [1.165, 1.54) is 11.0 Å². The van der Waals surface area contributed by atoms with Crippen LogP contribution in [0.5, 0.6) is 0 Å². The first-order chi connectivity index (χ1) is 13.8. The summed E-state index contributed by atoms with van der Waals surface area (Å²) >= 11 is 0. The van der Waals surface area contributed by atoms with Crippen molar-refractivity contribution in [3.8, 4) is 0 Å². The van der Waals surface area contributed by atoms with Gasteiger partial charge in [-0.05, 0) is 24.6 Å². The van der Waals surface area contributed by atoms with Crippen molar-refractivity contribution in [1.82, 2.24) is 15.1 Å². The van der Waals surface area contributed by atoms with Gasteiger partial charge in [-0.2, -0.15) is 13.2 Å². The van der Waals surface area contributed by atoms with Crippen LogP contribution in [0, 0.1) is 0 Å². The summed E-state index contributed by atoms with van der Waals surface area (Å²) in [5.74, 6) is -0.143. The van der Waals surface area contributed by atoms with Gasteiger partial charge in [0.2, 0.25) is 11.8 Å². The molecule has 0 aliphatic carbocycles. The SMILES string of the molecule is CCCC1CC(=O)N(CC(=O)N2CCN(c3cccc(C(F)(F)F)c3)CC2)CN1. The van der Waals surface area contributed by atoms with Gasteiger partial charge in [-0.25, -0.2) is 0 Å². The summed E-state index contributed by atoms with van der Waals surface area (Å²) in [5.41, 5.74) is -0.171. The minimum Gasteiger partial charge on any atom is -0.368 e. The van der Waals surface area contributed by atoms with Gasteiger partial charge in [-0.3, -0.25) is 14.9 Å². The molecule has 2 heterocycles. The molecule has 2 fully saturated rings. The molecule has 1 aromatic rings. The molecule has 0 bridgehead atoms. The normalized spacial score (nSPS) is 20.9. The number of anilines is 1. The van der Waals surface area contributed by atoms with Gasteiger partial charge in [0.25, 0.3) is 0 Å². The van der Waals surface area contributed by atoms with Gasteiger partial charge < -0.3 is 14.7 Å². The second-order valence-electron chi connectivity index (χ2n) is 7.56. The van der Waals surface area contributed by atoms with Crippen LogP contribution in [0.15, 0.2) is 24.3 Å². The lowest BCUT2D eigenvalue weighted by atomic mass is 10.1. The van der Waals surface area contributed by atoms with E-state index in [2.05, 4.69) is 12.2 Å². The molecular weight excluding hydrogens is 385 g/mol. The third kappa shape index (κ3) is 5.41. The summed E-state index contributed by atoms with van der Waals surface area (Å²) < 4.78 is 38.7. The Balaban J connectivity index is 1.51. The highest BCUT2D eigenvalue weighted by atomic mass is 19.4. The van der Waals surface area contributed by atoms with Crippen LogP contribution in [0.2, 0.25) is 0 Å². The van der Waals surface area contributed by atoms with Gasteiger partial charge in [-0.15, -0.1) is 0 Å². The van der Waals surface area contributed by atoms with E-state index < -0.39 is 11.7 Å². The van der Waals surface area contributed by atoms with Crippen molar-refractivity contribution in [3.05, 3.63) is 29.8 Å². The van der Waals surface area contributed by atoms with Crippen molar-refractivity contribution < 1.29 is 22.8 Å². The van der Waals surface area contributed by atoms with Crippen molar-refractivity contribution in [2.75, 3.05) is 44.3 Å². The third-order valence-electron chi connectivity index (χ3n) is 5.48. The topological polar surface area (TPSA) is 55.9 Å². The number of hydrogen-bond acceptors (Lipinski definition) is 4. The maximum atomic E-state index is 12.9. The number of carbonyl (C=O) groups is 2. The fraction of sp³-hybridized carbons (Fsp3) is 0.600. The van der Waals surface area contributed by atoms with E-state index in [0.717, 1.165) is 25.0 Å². The molecule has 1 atom stereocenters. The highest BCUT2D eigenvalue weighted by molar-refractivity contribution is 5.85. The molecule has 1 unspecified atom stereocenters. The van der Waals surface area contributed by atoms with E-state index in [1.807, 2.05) is 4.90 Å². The molecule has 0 saturated carbocycles. The molecule has 6 nitrogen and oxygen atoms in total. The lowest BCUT2D eigenvalue weighted by Crippen LogP contribution is -2.56. The number of carbonyl (C=O) groups excluding carboxylic acids is 2. The van der Waals surface area contributed by atoms with Crippen LogP contribution in [0.1, 0.15) is 31.7 Å². The Labute approximate surface area is 168 Å². The molecule has 0 radical (unpaired) electrons. The van der Waals surface area contributed by atoms with E-state index in [1.54, 1.807) is 11.0 Å².